The van der Waals surface area contributed by atoms with E-state index in [0.717, 1.165) is 0 Å². The van der Waals surface area contributed by atoms with Gasteiger partial charge in [-0.15, -0.1) is 10.2 Å². The molecule has 2 rings (SSSR count). The molecule has 0 aliphatic carbocycles. The molecule has 0 atom stereocenters. The first-order chi connectivity index (χ1) is 10.2. The van der Waals surface area contributed by atoms with Gasteiger partial charge >= 0.3 is 0 Å². The third kappa shape index (κ3) is 3.27. The fourth-order valence-electron chi connectivity index (χ4n) is 1.63. The van der Waals surface area contributed by atoms with Crippen LogP contribution >= 0.6 is 0 Å². The number of nitrogens with two attached hydrogens (primary N) is 3. The van der Waals surface area contributed by atoms with Crippen molar-refractivity contribution >= 4 is 39.1 Å². The fourth-order valence-corrected chi connectivity index (χ4v) is 2.33. The Bertz CT molecular complexity index is 841. The Morgan fingerprint density at radius 2 is 1.68 bits per heavy atom. The van der Waals surface area contributed by atoms with Gasteiger partial charge in [-0.25, -0.2) is 0 Å². The highest BCUT2D eigenvalue weighted by Gasteiger charge is 2.16. The summed E-state index contributed by atoms with van der Waals surface area (Å²) in [4.78, 5) is 6.97. The summed E-state index contributed by atoms with van der Waals surface area (Å²) in [5, 5.41) is 7.48. The Morgan fingerprint density at radius 3 is 2.23 bits per heavy atom. The first-order valence-electron chi connectivity index (χ1n) is 5.87. The number of nitrogen functional groups attached to an aromatic ring is 3. The van der Waals surface area contributed by atoms with E-state index in [9.17, 15) is 13.0 Å². The highest BCUT2D eigenvalue weighted by molar-refractivity contribution is 7.86. The standard InChI is InChI=1S/C11H13N7O3S/c1-5-2-3-6(7(4-5)22(19,20)21)17-18-8-9(12)15-11(14)16-10(8)13/h2-4H,1H3,(H,19,20,21)(H6,12,13,14,15,16). The molecule has 0 radical (unpaired) electrons. The van der Waals surface area contributed by atoms with Crippen molar-refractivity contribution in [3.05, 3.63) is 23.8 Å². The molecule has 0 spiro atoms. The second-order valence-corrected chi connectivity index (χ2v) is 5.74. The SMILES string of the molecule is Cc1ccc(N=Nc2c(N)nc(N)nc2N)c(S(=O)(=O)O)c1. The molecule has 0 unspecified atom stereocenters. The maximum Gasteiger partial charge on any atom is 0.296 e. The van der Waals surface area contributed by atoms with Gasteiger partial charge in [0.05, 0.1) is 0 Å². The fraction of sp³-hybridized carbons (Fsp3) is 0.0909. The van der Waals surface area contributed by atoms with Crippen LogP contribution in [-0.2, 0) is 10.1 Å². The van der Waals surface area contributed by atoms with Crippen molar-refractivity contribution < 1.29 is 13.0 Å². The molecule has 22 heavy (non-hydrogen) atoms. The predicted octanol–water partition coefficient (Wildman–Crippen LogP) is 1.19. The van der Waals surface area contributed by atoms with Crippen LogP contribution in [0, 0.1) is 6.92 Å². The predicted molar refractivity (Wildman–Crippen MR) is 80.4 cm³/mol. The molecule has 0 saturated heterocycles. The van der Waals surface area contributed by atoms with Gasteiger partial charge in [0, 0.05) is 0 Å². The van der Waals surface area contributed by atoms with Gasteiger partial charge in [-0.05, 0) is 24.6 Å². The summed E-state index contributed by atoms with van der Waals surface area (Å²) in [5.41, 5.74) is 17.1. The molecular weight excluding hydrogens is 310 g/mol. The van der Waals surface area contributed by atoms with Crippen molar-refractivity contribution in [2.75, 3.05) is 17.2 Å². The molecule has 1 aromatic heterocycles. The molecule has 0 saturated carbocycles. The maximum absolute atomic E-state index is 11.4. The molecule has 1 aromatic carbocycles. The van der Waals surface area contributed by atoms with Crippen LogP contribution in [-0.4, -0.2) is 22.9 Å². The van der Waals surface area contributed by atoms with E-state index in [1.54, 1.807) is 13.0 Å². The van der Waals surface area contributed by atoms with E-state index in [0.29, 0.717) is 5.56 Å². The summed E-state index contributed by atoms with van der Waals surface area (Å²) in [6.07, 6.45) is 0. The van der Waals surface area contributed by atoms with Crippen LogP contribution in [0.15, 0.2) is 33.3 Å². The number of anilines is 3. The highest BCUT2D eigenvalue weighted by Crippen LogP contribution is 2.31. The number of hydrogen-bond donors (Lipinski definition) is 4. The lowest BCUT2D eigenvalue weighted by atomic mass is 10.2. The molecule has 0 fully saturated rings. The quantitative estimate of drug-likeness (QED) is 0.479. The van der Waals surface area contributed by atoms with Crippen LogP contribution in [0.25, 0.3) is 0 Å². The van der Waals surface area contributed by atoms with Crippen LogP contribution in [0.1, 0.15) is 5.56 Å². The van der Waals surface area contributed by atoms with Gasteiger partial charge in [0.1, 0.15) is 10.6 Å². The summed E-state index contributed by atoms with van der Waals surface area (Å²) in [6, 6.07) is 4.25. The van der Waals surface area contributed by atoms with Gasteiger partial charge in [-0.1, -0.05) is 6.07 Å². The van der Waals surface area contributed by atoms with Crippen molar-refractivity contribution in [1.29, 1.82) is 0 Å². The van der Waals surface area contributed by atoms with Gasteiger partial charge in [-0.3, -0.25) is 4.55 Å². The van der Waals surface area contributed by atoms with Crippen molar-refractivity contribution in [3.8, 4) is 0 Å². The molecule has 7 N–H and O–H groups in total. The Balaban J connectivity index is 2.53. The Morgan fingerprint density at radius 1 is 1.09 bits per heavy atom. The summed E-state index contributed by atoms with van der Waals surface area (Å²) >= 11 is 0. The number of hydrogen-bond acceptors (Lipinski definition) is 9. The highest BCUT2D eigenvalue weighted by atomic mass is 32.2. The molecule has 0 aliphatic heterocycles. The number of benzene rings is 1. The smallest absolute Gasteiger partial charge is 0.296 e. The van der Waals surface area contributed by atoms with E-state index in [1.807, 2.05) is 0 Å². The van der Waals surface area contributed by atoms with E-state index in [4.69, 9.17) is 17.2 Å². The lowest BCUT2D eigenvalue weighted by Crippen LogP contribution is -2.03. The molecule has 116 valence electrons. The topological polar surface area (TPSA) is 183 Å². The molecule has 10 nitrogen and oxygen atoms in total. The summed E-state index contributed by atoms with van der Waals surface area (Å²) < 4.78 is 31.9. The first kappa shape index (κ1) is 15.6. The van der Waals surface area contributed by atoms with Gasteiger partial charge < -0.3 is 17.2 Å². The molecule has 0 amide bonds. The Labute approximate surface area is 125 Å². The van der Waals surface area contributed by atoms with E-state index >= 15 is 0 Å². The zero-order chi connectivity index (χ0) is 16.5. The van der Waals surface area contributed by atoms with Crippen LogP contribution < -0.4 is 17.2 Å². The number of aryl methyl sites for hydroxylation is 1. The van der Waals surface area contributed by atoms with Gasteiger partial charge in [0.15, 0.2) is 17.3 Å². The third-order valence-corrected chi connectivity index (χ3v) is 3.49. The van der Waals surface area contributed by atoms with E-state index in [-0.39, 0.29) is 33.9 Å². The first-order valence-corrected chi connectivity index (χ1v) is 7.31. The van der Waals surface area contributed by atoms with Crippen LogP contribution in [0.2, 0.25) is 0 Å². The molecular formula is C11H13N7O3S. The minimum atomic E-state index is -4.45. The largest absolute Gasteiger partial charge is 0.382 e. The number of rotatable bonds is 3. The minimum Gasteiger partial charge on any atom is -0.382 e. The third-order valence-electron chi connectivity index (χ3n) is 2.61. The van der Waals surface area contributed by atoms with Crippen LogP contribution in [0.4, 0.5) is 29.0 Å². The lowest BCUT2D eigenvalue weighted by molar-refractivity contribution is 0.483. The summed E-state index contributed by atoms with van der Waals surface area (Å²) in [7, 11) is -4.45. The monoisotopic (exact) mass is 323 g/mol. The average Bonchev–Trinajstić information content (AvgIpc) is 2.37. The Hall–Kier alpha value is -2.79. The summed E-state index contributed by atoms with van der Waals surface area (Å²) in [6.45, 7) is 1.67. The second kappa shape index (κ2) is 5.54. The number of aromatic nitrogens is 2. The maximum atomic E-state index is 11.4. The van der Waals surface area contributed by atoms with Crippen molar-refractivity contribution in [1.82, 2.24) is 9.97 Å². The Kier molecular flexibility index (Phi) is 3.93. The number of azo groups is 1. The van der Waals surface area contributed by atoms with E-state index < -0.39 is 10.1 Å². The average molecular weight is 323 g/mol. The number of nitrogens with zero attached hydrogens (tertiary/aromatic N) is 4. The van der Waals surface area contributed by atoms with Crippen molar-refractivity contribution in [2.45, 2.75) is 11.8 Å². The lowest BCUT2D eigenvalue weighted by Gasteiger charge is -2.04. The van der Waals surface area contributed by atoms with Crippen LogP contribution in [0.3, 0.4) is 0 Å². The normalized spacial score (nSPS) is 11.9. The summed E-state index contributed by atoms with van der Waals surface area (Å²) in [5.74, 6) is -0.327. The molecule has 1 heterocycles. The minimum absolute atomic E-state index is 0.0453. The van der Waals surface area contributed by atoms with Crippen LogP contribution in [0.5, 0.6) is 0 Å². The molecule has 0 aliphatic rings. The molecule has 2 aromatic rings. The zero-order valence-corrected chi connectivity index (χ0v) is 12.2. The zero-order valence-electron chi connectivity index (χ0n) is 11.4. The molecule has 0 bridgehead atoms. The molecule has 11 heteroatoms. The van der Waals surface area contributed by atoms with Gasteiger partial charge in [0.2, 0.25) is 5.95 Å². The van der Waals surface area contributed by atoms with Gasteiger partial charge in [-0.2, -0.15) is 18.4 Å². The van der Waals surface area contributed by atoms with Crippen molar-refractivity contribution in [2.24, 2.45) is 10.2 Å². The van der Waals surface area contributed by atoms with E-state index in [2.05, 4.69) is 20.2 Å². The van der Waals surface area contributed by atoms with E-state index in [1.165, 1.54) is 12.1 Å². The second-order valence-electron chi connectivity index (χ2n) is 4.35. The van der Waals surface area contributed by atoms with Crippen molar-refractivity contribution in [3.63, 3.8) is 0 Å². The van der Waals surface area contributed by atoms with Gasteiger partial charge in [0.25, 0.3) is 10.1 Å².